The van der Waals surface area contributed by atoms with Crippen LogP contribution in [0, 0.1) is 0 Å². The SMILES string of the molecule is CCNC(=NCc1ccc(OCCOC)cc1)NCc1ccc(N2CCCC2=O)cc1.I. The van der Waals surface area contributed by atoms with Gasteiger partial charge in [0.15, 0.2) is 5.96 Å². The lowest BCUT2D eigenvalue weighted by molar-refractivity contribution is -0.117. The predicted octanol–water partition coefficient (Wildman–Crippen LogP) is 3.71. The average molecular weight is 552 g/mol. The number of carbonyl (C=O) groups excluding carboxylic acids is 1. The molecule has 0 bridgehead atoms. The first-order chi connectivity index (χ1) is 15.2. The number of aliphatic imine (C=N–C) groups is 1. The molecule has 1 fully saturated rings. The summed E-state index contributed by atoms with van der Waals surface area (Å²) in [5.74, 6) is 1.80. The Balaban J connectivity index is 0.00000363. The maximum Gasteiger partial charge on any atom is 0.227 e. The van der Waals surface area contributed by atoms with E-state index in [2.05, 4.69) is 27.8 Å². The second-order valence-corrected chi connectivity index (χ2v) is 7.35. The summed E-state index contributed by atoms with van der Waals surface area (Å²) in [7, 11) is 1.66. The molecule has 174 valence electrons. The smallest absolute Gasteiger partial charge is 0.227 e. The molecule has 32 heavy (non-hydrogen) atoms. The van der Waals surface area contributed by atoms with Gasteiger partial charge in [-0.2, -0.15) is 0 Å². The van der Waals surface area contributed by atoms with Gasteiger partial charge in [-0.25, -0.2) is 4.99 Å². The molecule has 0 unspecified atom stereocenters. The number of benzene rings is 2. The summed E-state index contributed by atoms with van der Waals surface area (Å²) in [4.78, 5) is 18.4. The zero-order valence-electron chi connectivity index (χ0n) is 18.8. The number of methoxy groups -OCH3 is 1. The van der Waals surface area contributed by atoms with Crippen molar-refractivity contribution < 1.29 is 14.3 Å². The molecular weight excluding hydrogens is 519 g/mol. The van der Waals surface area contributed by atoms with Crippen molar-refractivity contribution in [2.24, 2.45) is 4.99 Å². The van der Waals surface area contributed by atoms with E-state index in [1.165, 1.54) is 0 Å². The second-order valence-electron chi connectivity index (χ2n) is 7.35. The highest BCUT2D eigenvalue weighted by molar-refractivity contribution is 14.0. The van der Waals surface area contributed by atoms with E-state index in [0.717, 1.165) is 48.0 Å². The number of nitrogens with zero attached hydrogens (tertiary/aromatic N) is 2. The molecule has 2 aromatic rings. The van der Waals surface area contributed by atoms with E-state index < -0.39 is 0 Å². The number of amides is 1. The Bertz CT molecular complexity index is 857. The molecule has 1 amide bonds. The number of carbonyl (C=O) groups is 1. The van der Waals surface area contributed by atoms with Crippen molar-refractivity contribution in [1.82, 2.24) is 10.6 Å². The minimum absolute atomic E-state index is 0. The summed E-state index contributed by atoms with van der Waals surface area (Å²) < 4.78 is 10.6. The first-order valence-electron chi connectivity index (χ1n) is 10.8. The highest BCUT2D eigenvalue weighted by Crippen LogP contribution is 2.21. The number of hydrogen-bond donors (Lipinski definition) is 2. The van der Waals surface area contributed by atoms with Gasteiger partial charge in [-0.05, 0) is 48.7 Å². The van der Waals surface area contributed by atoms with Crippen LogP contribution in [0.2, 0.25) is 0 Å². The highest BCUT2D eigenvalue weighted by atomic mass is 127. The van der Waals surface area contributed by atoms with E-state index >= 15 is 0 Å². The second kappa shape index (κ2) is 13.9. The Morgan fingerprint density at radius 3 is 2.38 bits per heavy atom. The number of anilines is 1. The van der Waals surface area contributed by atoms with Gasteiger partial charge in [0.25, 0.3) is 0 Å². The topological polar surface area (TPSA) is 75.2 Å². The Morgan fingerprint density at radius 1 is 1.03 bits per heavy atom. The summed E-state index contributed by atoms with van der Waals surface area (Å²) in [6, 6.07) is 16.1. The van der Waals surface area contributed by atoms with Gasteiger partial charge in [0.2, 0.25) is 5.91 Å². The van der Waals surface area contributed by atoms with Crippen LogP contribution in [0.3, 0.4) is 0 Å². The van der Waals surface area contributed by atoms with Gasteiger partial charge in [0.05, 0.1) is 13.2 Å². The monoisotopic (exact) mass is 552 g/mol. The lowest BCUT2D eigenvalue weighted by atomic mass is 10.2. The molecule has 0 aliphatic carbocycles. The Hall–Kier alpha value is -2.33. The summed E-state index contributed by atoms with van der Waals surface area (Å²) >= 11 is 0. The highest BCUT2D eigenvalue weighted by Gasteiger charge is 2.21. The van der Waals surface area contributed by atoms with E-state index in [-0.39, 0.29) is 29.9 Å². The minimum Gasteiger partial charge on any atom is -0.491 e. The van der Waals surface area contributed by atoms with E-state index in [4.69, 9.17) is 9.47 Å². The van der Waals surface area contributed by atoms with E-state index in [1.54, 1.807) is 7.11 Å². The van der Waals surface area contributed by atoms with Crippen LogP contribution < -0.4 is 20.3 Å². The lowest BCUT2D eigenvalue weighted by Gasteiger charge is -2.16. The molecule has 0 atom stereocenters. The molecule has 8 heteroatoms. The van der Waals surface area contributed by atoms with Crippen LogP contribution in [0.5, 0.6) is 5.75 Å². The summed E-state index contributed by atoms with van der Waals surface area (Å²) in [6.07, 6.45) is 1.59. The summed E-state index contributed by atoms with van der Waals surface area (Å²) in [6.45, 7) is 5.99. The zero-order chi connectivity index (χ0) is 21.9. The maximum atomic E-state index is 11.9. The van der Waals surface area contributed by atoms with Crippen molar-refractivity contribution >= 4 is 41.5 Å². The summed E-state index contributed by atoms with van der Waals surface area (Å²) in [5.41, 5.74) is 3.22. The average Bonchev–Trinajstić information content (AvgIpc) is 3.23. The van der Waals surface area contributed by atoms with E-state index in [9.17, 15) is 4.79 Å². The quantitative estimate of drug-likeness (QED) is 0.204. The molecule has 1 aliphatic heterocycles. The molecule has 0 radical (unpaired) electrons. The number of nitrogens with one attached hydrogen (secondary N) is 2. The molecule has 0 saturated carbocycles. The molecular formula is C24H33IN4O3. The van der Waals surface area contributed by atoms with Crippen LogP contribution in [-0.2, 0) is 22.6 Å². The Kier molecular flexibility index (Phi) is 11.3. The van der Waals surface area contributed by atoms with Crippen LogP contribution in [-0.4, -0.2) is 45.3 Å². The number of halogens is 1. The molecule has 1 heterocycles. The molecule has 1 aliphatic rings. The van der Waals surface area contributed by atoms with Crippen molar-refractivity contribution in [3.8, 4) is 5.75 Å². The van der Waals surface area contributed by atoms with Crippen molar-refractivity contribution in [3.63, 3.8) is 0 Å². The fourth-order valence-corrected chi connectivity index (χ4v) is 3.35. The Morgan fingerprint density at radius 2 is 1.75 bits per heavy atom. The Labute approximate surface area is 207 Å². The number of rotatable bonds is 10. The molecule has 1 saturated heterocycles. The predicted molar refractivity (Wildman–Crippen MR) is 139 cm³/mol. The molecule has 2 N–H and O–H groups in total. The van der Waals surface area contributed by atoms with Crippen molar-refractivity contribution in [3.05, 3.63) is 59.7 Å². The number of guanidine groups is 1. The fourth-order valence-electron chi connectivity index (χ4n) is 3.35. The normalized spacial score (nSPS) is 13.6. The van der Waals surface area contributed by atoms with Gasteiger partial charge in [0.1, 0.15) is 12.4 Å². The van der Waals surface area contributed by atoms with Gasteiger partial charge in [-0.15, -0.1) is 24.0 Å². The largest absolute Gasteiger partial charge is 0.491 e. The van der Waals surface area contributed by atoms with E-state index in [0.29, 0.717) is 32.7 Å². The standard InChI is InChI=1S/C24H32N4O3.HI/c1-3-25-24(27-18-20-8-12-22(13-9-20)31-16-15-30-2)26-17-19-6-10-21(11-7-19)28-14-4-5-23(28)29;/h6-13H,3-5,14-18H2,1-2H3,(H2,25,26,27);1H. The van der Waals surface area contributed by atoms with Crippen LogP contribution in [0.15, 0.2) is 53.5 Å². The van der Waals surface area contributed by atoms with Gasteiger partial charge >= 0.3 is 0 Å². The maximum absolute atomic E-state index is 11.9. The van der Waals surface area contributed by atoms with Crippen LogP contribution in [0.25, 0.3) is 0 Å². The summed E-state index contributed by atoms with van der Waals surface area (Å²) in [5, 5.41) is 6.65. The van der Waals surface area contributed by atoms with Crippen LogP contribution in [0.4, 0.5) is 5.69 Å². The number of ether oxygens (including phenoxy) is 2. The third-order valence-corrected chi connectivity index (χ3v) is 5.02. The molecule has 0 aromatic heterocycles. The molecule has 2 aromatic carbocycles. The van der Waals surface area contributed by atoms with Gasteiger partial charge in [0, 0.05) is 38.9 Å². The third-order valence-electron chi connectivity index (χ3n) is 5.02. The van der Waals surface area contributed by atoms with Crippen molar-refractivity contribution in [2.75, 3.05) is 38.3 Å². The zero-order valence-corrected chi connectivity index (χ0v) is 21.1. The van der Waals surface area contributed by atoms with Gasteiger partial charge in [-0.3, -0.25) is 4.79 Å². The first kappa shape index (κ1) is 25.9. The van der Waals surface area contributed by atoms with Gasteiger partial charge < -0.3 is 25.0 Å². The first-order valence-corrected chi connectivity index (χ1v) is 10.8. The molecule has 0 spiro atoms. The third kappa shape index (κ3) is 7.98. The number of hydrogen-bond acceptors (Lipinski definition) is 4. The van der Waals surface area contributed by atoms with Crippen molar-refractivity contribution in [1.29, 1.82) is 0 Å². The lowest BCUT2D eigenvalue weighted by Crippen LogP contribution is -2.36. The van der Waals surface area contributed by atoms with Crippen LogP contribution >= 0.6 is 24.0 Å². The molecule has 3 rings (SSSR count). The van der Waals surface area contributed by atoms with E-state index in [1.807, 2.05) is 48.2 Å². The minimum atomic E-state index is 0. The fraction of sp³-hybridized carbons (Fsp3) is 0.417. The van der Waals surface area contributed by atoms with Gasteiger partial charge in [-0.1, -0.05) is 24.3 Å². The molecule has 7 nitrogen and oxygen atoms in total. The van der Waals surface area contributed by atoms with Crippen LogP contribution in [0.1, 0.15) is 30.9 Å². The van der Waals surface area contributed by atoms with Crippen molar-refractivity contribution in [2.45, 2.75) is 32.9 Å².